The zero-order valence-corrected chi connectivity index (χ0v) is 7.85. The van der Waals surface area contributed by atoms with Gasteiger partial charge in [0, 0.05) is 6.54 Å². The molecule has 0 radical (unpaired) electrons. The van der Waals surface area contributed by atoms with Crippen LogP contribution in [-0.2, 0) is 10.4 Å². The minimum absolute atomic E-state index is 0.374. The molecule has 7 nitrogen and oxygen atoms in total. The van der Waals surface area contributed by atoms with Crippen molar-refractivity contribution in [1.82, 2.24) is 4.90 Å². The second-order valence-electron chi connectivity index (χ2n) is 2.34. The third kappa shape index (κ3) is 9.21. The molecule has 1 atom stereocenters. The van der Waals surface area contributed by atoms with Crippen molar-refractivity contribution >= 4 is 16.7 Å². The average molecular weight is 212 g/mol. The van der Waals surface area contributed by atoms with E-state index < -0.39 is 10.4 Å². The fraction of sp³-hybridized carbons (Fsp3) is 0.800. The lowest BCUT2D eigenvalue weighted by molar-refractivity contribution is 0.0814. The highest BCUT2D eigenvalue weighted by Gasteiger charge is 2.08. The van der Waals surface area contributed by atoms with Crippen molar-refractivity contribution in [2.75, 3.05) is 13.1 Å². The molecule has 0 aromatic carbocycles. The van der Waals surface area contributed by atoms with Crippen LogP contribution in [0.5, 0.6) is 0 Å². The fourth-order valence-electron chi connectivity index (χ4n) is 0.677. The molecular formula is C5H12N2O5S. The molecule has 1 unspecified atom stereocenters. The monoisotopic (exact) mass is 212 g/mol. The van der Waals surface area contributed by atoms with Crippen LogP contribution in [-0.4, -0.2) is 53.2 Å². The first-order valence-electron chi connectivity index (χ1n) is 3.44. The van der Waals surface area contributed by atoms with Crippen LogP contribution in [0.1, 0.15) is 6.92 Å². The Morgan fingerprint density at radius 2 is 2.00 bits per heavy atom. The SMILES string of the molecule is CC(O)N1C=NCC1.O=S(=O)(O)O. The van der Waals surface area contributed by atoms with Crippen LogP contribution in [0.25, 0.3) is 0 Å². The van der Waals surface area contributed by atoms with Gasteiger partial charge in [-0.05, 0) is 6.92 Å². The Kier molecular flexibility index (Phi) is 4.85. The van der Waals surface area contributed by atoms with Crippen LogP contribution in [0, 0.1) is 0 Å². The third-order valence-electron chi connectivity index (χ3n) is 1.20. The number of aliphatic imine (C=N–C) groups is 1. The molecule has 0 fully saturated rings. The van der Waals surface area contributed by atoms with Crippen molar-refractivity contribution < 1.29 is 22.6 Å². The number of hydrogen-bond acceptors (Lipinski definition) is 5. The molecule has 0 bridgehead atoms. The van der Waals surface area contributed by atoms with Crippen LogP contribution in [0.3, 0.4) is 0 Å². The molecule has 0 aromatic heterocycles. The van der Waals surface area contributed by atoms with E-state index in [0.29, 0.717) is 0 Å². The molecule has 3 N–H and O–H groups in total. The van der Waals surface area contributed by atoms with E-state index >= 15 is 0 Å². The Morgan fingerprint density at radius 1 is 1.54 bits per heavy atom. The molecule has 1 heterocycles. The molecule has 0 saturated heterocycles. The van der Waals surface area contributed by atoms with Gasteiger partial charge in [-0.15, -0.1) is 0 Å². The maximum atomic E-state index is 8.89. The summed E-state index contributed by atoms with van der Waals surface area (Å²) in [4.78, 5) is 5.72. The van der Waals surface area contributed by atoms with Gasteiger partial charge in [0.2, 0.25) is 0 Å². The van der Waals surface area contributed by atoms with Crippen molar-refractivity contribution in [1.29, 1.82) is 0 Å². The summed E-state index contributed by atoms with van der Waals surface area (Å²) < 4.78 is 31.6. The van der Waals surface area contributed by atoms with Gasteiger partial charge >= 0.3 is 10.4 Å². The number of rotatable bonds is 1. The highest BCUT2D eigenvalue weighted by Crippen LogP contribution is 1.96. The van der Waals surface area contributed by atoms with E-state index in [2.05, 4.69) is 4.99 Å². The quantitative estimate of drug-likeness (QED) is 0.481. The summed E-state index contributed by atoms with van der Waals surface area (Å²) in [5.74, 6) is 0. The van der Waals surface area contributed by atoms with E-state index in [1.807, 2.05) is 0 Å². The number of aliphatic hydroxyl groups is 1. The Labute approximate surface area is 76.3 Å². The molecule has 0 amide bonds. The van der Waals surface area contributed by atoms with Crippen molar-refractivity contribution in [2.24, 2.45) is 4.99 Å². The summed E-state index contributed by atoms with van der Waals surface area (Å²) in [5, 5.41) is 8.89. The first kappa shape index (κ1) is 12.3. The van der Waals surface area contributed by atoms with Gasteiger partial charge < -0.3 is 10.0 Å². The Balaban J connectivity index is 0.000000252. The molecular weight excluding hydrogens is 200 g/mol. The lowest BCUT2D eigenvalue weighted by atomic mass is 10.5. The van der Waals surface area contributed by atoms with Gasteiger partial charge in [-0.2, -0.15) is 8.42 Å². The first-order chi connectivity index (χ1) is 5.80. The van der Waals surface area contributed by atoms with Gasteiger partial charge in [0.25, 0.3) is 0 Å². The lowest BCUT2D eigenvalue weighted by Crippen LogP contribution is -2.29. The summed E-state index contributed by atoms with van der Waals surface area (Å²) >= 11 is 0. The van der Waals surface area contributed by atoms with Gasteiger partial charge in [0.05, 0.1) is 12.9 Å². The second-order valence-corrected chi connectivity index (χ2v) is 3.23. The van der Waals surface area contributed by atoms with Crippen LogP contribution < -0.4 is 0 Å². The Morgan fingerprint density at radius 3 is 2.15 bits per heavy atom. The van der Waals surface area contributed by atoms with Crippen molar-refractivity contribution in [3.63, 3.8) is 0 Å². The molecule has 8 heteroatoms. The molecule has 13 heavy (non-hydrogen) atoms. The van der Waals surface area contributed by atoms with E-state index in [0.717, 1.165) is 13.1 Å². The van der Waals surface area contributed by atoms with Gasteiger partial charge in [-0.1, -0.05) is 0 Å². The maximum absolute atomic E-state index is 8.89. The fourth-order valence-corrected chi connectivity index (χ4v) is 0.677. The minimum Gasteiger partial charge on any atom is -0.374 e. The standard InChI is InChI=1S/C5H10N2O.H2O4S/c1-5(8)7-3-2-6-4-7;1-5(2,3)4/h4-5,8H,2-3H2,1H3;(H2,1,2,3,4). The van der Waals surface area contributed by atoms with Crippen molar-refractivity contribution in [3.8, 4) is 0 Å². The van der Waals surface area contributed by atoms with E-state index in [4.69, 9.17) is 22.6 Å². The largest absolute Gasteiger partial charge is 0.394 e. The molecule has 0 spiro atoms. The molecule has 78 valence electrons. The predicted octanol–water partition coefficient (Wildman–Crippen LogP) is -0.984. The Bertz CT molecular complexity index is 252. The summed E-state index contributed by atoms with van der Waals surface area (Å²) in [7, 11) is -4.67. The summed E-state index contributed by atoms with van der Waals surface area (Å²) in [6, 6.07) is 0. The molecule has 0 aromatic rings. The molecule has 1 aliphatic rings. The van der Waals surface area contributed by atoms with E-state index in [1.165, 1.54) is 0 Å². The van der Waals surface area contributed by atoms with Crippen molar-refractivity contribution in [2.45, 2.75) is 13.2 Å². The van der Waals surface area contributed by atoms with Crippen LogP contribution in [0.15, 0.2) is 4.99 Å². The van der Waals surface area contributed by atoms with Crippen LogP contribution >= 0.6 is 0 Å². The van der Waals surface area contributed by atoms with Gasteiger partial charge in [-0.3, -0.25) is 14.1 Å². The number of hydrogen-bond donors (Lipinski definition) is 3. The molecule has 1 rings (SSSR count). The van der Waals surface area contributed by atoms with Crippen molar-refractivity contribution in [3.05, 3.63) is 0 Å². The van der Waals surface area contributed by atoms with E-state index in [-0.39, 0.29) is 6.23 Å². The molecule has 0 aliphatic carbocycles. The highest BCUT2D eigenvalue weighted by atomic mass is 32.3. The number of nitrogens with zero attached hydrogens (tertiary/aromatic N) is 2. The van der Waals surface area contributed by atoms with Gasteiger partial charge in [0.15, 0.2) is 0 Å². The lowest BCUT2D eigenvalue weighted by Gasteiger charge is -2.16. The third-order valence-corrected chi connectivity index (χ3v) is 1.20. The number of aliphatic hydroxyl groups excluding tert-OH is 1. The Hall–Kier alpha value is -0.700. The van der Waals surface area contributed by atoms with Gasteiger partial charge in [0.1, 0.15) is 6.23 Å². The predicted molar refractivity (Wildman–Crippen MR) is 45.9 cm³/mol. The molecule has 0 saturated carbocycles. The second kappa shape index (κ2) is 5.12. The average Bonchev–Trinajstić information content (AvgIpc) is 2.31. The minimum atomic E-state index is -4.67. The topological polar surface area (TPSA) is 110 Å². The maximum Gasteiger partial charge on any atom is 0.394 e. The molecule has 1 aliphatic heterocycles. The zero-order chi connectivity index (χ0) is 10.5. The normalized spacial score (nSPS) is 18.0. The summed E-state index contributed by atoms with van der Waals surface area (Å²) in [5.41, 5.74) is 0. The van der Waals surface area contributed by atoms with Crippen LogP contribution in [0.2, 0.25) is 0 Å². The summed E-state index contributed by atoms with van der Waals surface area (Å²) in [6.45, 7) is 3.42. The van der Waals surface area contributed by atoms with Gasteiger partial charge in [-0.25, -0.2) is 0 Å². The van der Waals surface area contributed by atoms with E-state index in [9.17, 15) is 0 Å². The van der Waals surface area contributed by atoms with E-state index in [1.54, 1.807) is 18.2 Å². The smallest absolute Gasteiger partial charge is 0.374 e. The van der Waals surface area contributed by atoms with Crippen LogP contribution in [0.4, 0.5) is 0 Å². The summed E-state index contributed by atoms with van der Waals surface area (Å²) in [6.07, 6.45) is 1.31. The highest BCUT2D eigenvalue weighted by molar-refractivity contribution is 7.79. The zero-order valence-electron chi connectivity index (χ0n) is 7.03. The first-order valence-corrected chi connectivity index (χ1v) is 4.84.